The third-order valence-electron chi connectivity index (χ3n) is 3.07. The number of halogens is 2. The van der Waals surface area contributed by atoms with E-state index in [1.54, 1.807) is 18.3 Å². The second-order valence-corrected chi connectivity index (χ2v) is 5.78. The largest absolute Gasteiger partial charge is 0.319 e. The number of fused-ring (bicyclic) bond motifs is 1. The van der Waals surface area contributed by atoms with Crippen molar-refractivity contribution in [3.63, 3.8) is 0 Å². The molecule has 0 aliphatic carbocycles. The number of pyridine rings is 1. The van der Waals surface area contributed by atoms with Crippen molar-refractivity contribution in [2.24, 2.45) is 0 Å². The molecule has 3 aromatic rings. The summed E-state index contributed by atoms with van der Waals surface area (Å²) in [4.78, 5) is 16.3. The van der Waals surface area contributed by atoms with Gasteiger partial charge in [0.05, 0.1) is 5.69 Å². The maximum absolute atomic E-state index is 12.3. The highest BCUT2D eigenvalue weighted by Gasteiger charge is 2.10. The van der Waals surface area contributed by atoms with Crippen LogP contribution in [0, 0.1) is 0 Å². The summed E-state index contributed by atoms with van der Waals surface area (Å²) in [5, 5.41) is 5.14. The van der Waals surface area contributed by atoms with Gasteiger partial charge in [-0.2, -0.15) is 0 Å². The summed E-state index contributed by atoms with van der Waals surface area (Å²) in [6.45, 7) is 0. The van der Waals surface area contributed by atoms with E-state index in [2.05, 4.69) is 26.2 Å². The van der Waals surface area contributed by atoms with Crippen molar-refractivity contribution in [3.8, 4) is 0 Å². The topological polar surface area (TPSA) is 42.0 Å². The summed E-state index contributed by atoms with van der Waals surface area (Å²) >= 11 is 9.28. The summed E-state index contributed by atoms with van der Waals surface area (Å²) in [6.07, 6.45) is 1.58. The molecule has 0 spiro atoms. The van der Waals surface area contributed by atoms with Crippen LogP contribution in [0.15, 0.2) is 59.2 Å². The minimum Gasteiger partial charge on any atom is -0.319 e. The SMILES string of the molecule is O=C(Nc1cc(Br)cnc1Cl)c1ccc2ccccc2c1. The van der Waals surface area contributed by atoms with Gasteiger partial charge < -0.3 is 5.32 Å². The molecule has 1 amide bonds. The number of nitrogens with one attached hydrogen (secondary N) is 1. The Morgan fingerprint density at radius 3 is 2.67 bits per heavy atom. The zero-order chi connectivity index (χ0) is 14.8. The van der Waals surface area contributed by atoms with Gasteiger partial charge in [0.2, 0.25) is 0 Å². The first-order valence-electron chi connectivity index (χ1n) is 6.25. The molecule has 0 aliphatic heterocycles. The van der Waals surface area contributed by atoms with Gasteiger partial charge in [0.15, 0.2) is 5.15 Å². The molecular formula is C16H10BrClN2O. The molecule has 3 rings (SSSR count). The molecule has 0 bridgehead atoms. The number of anilines is 1. The van der Waals surface area contributed by atoms with Gasteiger partial charge in [-0.3, -0.25) is 4.79 Å². The van der Waals surface area contributed by atoms with Crippen molar-refractivity contribution in [3.05, 3.63) is 69.9 Å². The standard InChI is InChI=1S/C16H10BrClN2O/c17-13-8-14(15(18)19-9-13)20-16(21)12-6-5-10-3-1-2-4-11(10)7-12/h1-9H,(H,20,21). The average molecular weight is 362 g/mol. The average Bonchev–Trinajstić information content (AvgIpc) is 2.50. The van der Waals surface area contributed by atoms with Crippen molar-refractivity contribution in [1.29, 1.82) is 0 Å². The first-order valence-corrected chi connectivity index (χ1v) is 7.42. The van der Waals surface area contributed by atoms with E-state index in [0.29, 0.717) is 11.3 Å². The van der Waals surface area contributed by atoms with Crippen molar-refractivity contribution < 1.29 is 4.79 Å². The number of hydrogen-bond acceptors (Lipinski definition) is 2. The lowest BCUT2D eigenvalue weighted by atomic mass is 10.1. The maximum atomic E-state index is 12.3. The van der Waals surface area contributed by atoms with E-state index < -0.39 is 0 Å². The molecule has 1 heterocycles. The van der Waals surface area contributed by atoms with Crippen LogP contribution in [0.2, 0.25) is 5.15 Å². The number of benzene rings is 2. The Labute approximate surface area is 135 Å². The Hall–Kier alpha value is -1.91. The van der Waals surface area contributed by atoms with E-state index in [1.165, 1.54) is 0 Å². The van der Waals surface area contributed by atoms with Crippen LogP contribution in [0.1, 0.15) is 10.4 Å². The lowest BCUT2D eigenvalue weighted by molar-refractivity contribution is 0.102. The monoisotopic (exact) mass is 360 g/mol. The molecule has 0 atom stereocenters. The van der Waals surface area contributed by atoms with Gasteiger partial charge in [-0.05, 0) is 44.9 Å². The lowest BCUT2D eigenvalue weighted by Crippen LogP contribution is -2.12. The second-order valence-electron chi connectivity index (χ2n) is 4.51. The number of rotatable bonds is 2. The normalized spacial score (nSPS) is 10.6. The first-order chi connectivity index (χ1) is 10.1. The van der Waals surface area contributed by atoms with Crippen LogP contribution >= 0.6 is 27.5 Å². The van der Waals surface area contributed by atoms with Crippen LogP contribution in [-0.4, -0.2) is 10.9 Å². The molecule has 104 valence electrons. The van der Waals surface area contributed by atoms with E-state index in [1.807, 2.05) is 36.4 Å². The molecule has 0 radical (unpaired) electrons. The molecule has 0 saturated carbocycles. The highest BCUT2D eigenvalue weighted by molar-refractivity contribution is 9.10. The fourth-order valence-corrected chi connectivity index (χ4v) is 2.52. The number of carbonyl (C=O) groups is 1. The predicted molar refractivity (Wildman–Crippen MR) is 88.8 cm³/mol. The summed E-state index contributed by atoms with van der Waals surface area (Å²) < 4.78 is 0.751. The maximum Gasteiger partial charge on any atom is 0.255 e. The smallest absolute Gasteiger partial charge is 0.255 e. The summed E-state index contributed by atoms with van der Waals surface area (Å²) in [5.74, 6) is -0.220. The molecule has 5 heteroatoms. The summed E-state index contributed by atoms with van der Waals surface area (Å²) in [6, 6.07) is 15.2. The van der Waals surface area contributed by atoms with Crippen LogP contribution in [0.5, 0.6) is 0 Å². The Morgan fingerprint density at radius 2 is 1.86 bits per heavy atom. The van der Waals surface area contributed by atoms with Crippen LogP contribution in [0.4, 0.5) is 5.69 Å². The minimum atomic E-state index is -0.220. The van der Waals surface area contributed by atoms with Crippen molar-refractivity contribution in [2.45, 2.75) is 0 Å². The van der Waals surface area contributed by atoms with Crippen LogP contribution in [0.25, 0.3) is 10.8 Å². The van der Waals surface area contributed by atoms with Crippen molar-refractivity contribution >= 4 is 49.9 Å². The fourth-order valence-electron chi connectivity index (χ4n) is 2.04. The third kappa shape index (κ3) is 3.06. The highest BCUT2D eigenvalue weighted by Crippen LogP contribution is 2.24. The van der Waals surface area contributed by atoms with Gasteiger partial charge in [-0.15, -0.1) is 0 Å². The quantitative estimate of drug-likeness (QED) is 0.659. The first kappa shape index (κ1) is 14.0. The molecule has 0 fully saturated rings. The minimum absolute atomic E-state index is 0.220. The molecule has 0 saturated heterocycles. The van der Waals surface area contributed by atoms with E-state index in [-0.39, 0.29) is 11.1 Å². The van der Waals surface area contributed by atoms with E-state index >= 15 is 0 Å². The Morgan fingerprint density at radius 1 is 1.10 bits per heavy atom. The van der Waals surface area contributed by atoms with E-state index in [4.69, 9.17) is 11.6 Å². The molecule has 1 N–H and O–H groups in total. The summed E-state index contributed by atoms with van der Waals surface area (Å²) in [5.41, 5.74) is 1.05. The van der Waals surface area contributed by atoms with Gasteiger partial charge in [-0.25, -0.2) is 4.98 Å². The van der Waals surface area contributed by atoms with Gasteiger partial charge in [0.25, 0.3) is 5.91 Å². The third-order valence-corrected chi connectivity index (χ3v) is 3.80. The molecule has 2 aromatic carbocycles. The number of nitrogens with zero attached hydrogens (tertiary/aromatic N) is 1. The summed E-state index contributed by atoms with van der Waals surface area (Å²) in [7, 11) is 0. The van der Waals surface area contributed by atoms with Crippen LogP contribution in [0.3, 0.4) is 0 Å². The lowest BCUT2D eigenvalue weighted by Gasteiger charge is -2.08. The number of amides is 1. The Balaban J connectivity index is 1.91. The predicted octanol–water partition coefficient (Wildman–Crippen LogP) is 4.90. The Kier molecular flexibility index (Phi) is 3.90. The number of carbonyl (C=O) groups excluding carboxylic acids is 1. The van der Waals surface area contributed by atoms with Gasteiger partial charge in [0, 0.05) is 16.2 Å². The van der Waals surface area contributed by atoms with Gasteiger partial charge in [-0.1, -0.05) is 41.9 Å². The van der Waals surface area contributed by atoms with Gasteiger partial charge in [0.1, 0.15) is 0 Å². The molecule has 3 nitrogen and oxygen atoms in total. The Bertz CT molecular complexity index is 835. The molecular weight excluding hydrogens is 352 g/mol. The van der Waals surface area contributed by atoms with E-state index in [0.717, 1.165) is 15.2 Å². The highest BCUT2D eigenvalue weighted by atomic mass is 79.9. The van der Waals surface area contributed by atoms with Crippen LogP contribution in [-0.2, 0) is 0 Å². The fraction of sp³-hybridized carbons (Fsp3) is 0. The molecule has 21 heavy (non-hydrogen) atoms. The van der Waals surface area contributed by atoms with Crippen molar-refractivity contribution in [1.82, 2.24) is 4.98 Å². The molecule has 1 aromatic heterocycles. The molecule has 0 unspecified atom stereocenters. The van der Waals surface area contributed by atoms with E-state index in [9.17, 15) is 4.79 Å². The zero-order valence-corrected chi connectivity index (χ0v) is 13.1. The zero-order valence-electron chi connectivity index (χ0n) is 10.8. The number of hydrogen-bond donors (Lipinski definition) is 1. The number of aromatic nitrogens is 1. The van der Waals surface area contributed by atoms with Crippen molar-refractivity contribution in [2.75, 3.05) is 5.32 Å². The van der Waals surface area contributed by atoms with Gasteiger partial charge >= 0.3 is 0 Å². The molecule has 0 aliphatic rings. The second kappa shape index (κ2) is 5.84. The van der Waals surface area contributed by atoms with Crippen LogP contribution < -0.4 is 5.32 Å².